The van der Waals surface area contributed by atoms with Crippen LogP contribution in [0.15, 0.2) is 0 Å². The molecule has 0 N–H and O–H groups in total. The molecule has 4 nitrogen and oxygen atoms in total. The first-order valence-electron chi connectivity index (χ1n) is 4.98. The van der Waals surface area contributed by atoms with Crippen LogP contribution in [0.2, 0.25) is 0 Å². The molecule has 0 aliphatic heterocycles. The van der Waals surface area contributed by atoms with E-state index in [0.29, 0.717) is 19.6 Å². The molecule has 0 aliphatic carbocycles. The molecular formula is C9H19ClO4S. The predicted octanol–water partition coefficient (Wildman–Crippen LogP) is 1.78. The number of hydrogen-bond acceptors (Lipinski definition) is 4. The first kappa shape index (κ1) is 15.2. The van der Waals surface area contributed by atoms with Gasteiger partial charge >= 0.3 is 0 Å². The Hall–Kier alpha value is 0.160. The molecule has 0 aromatic rings. The van der Waals surface area contributed by atoms with Gasteiger partial charge in [-0.15, -0.1) is 0 Å². The summed E-state index contributed by atoms with van der Waals surface area (Å²) in [5, 5.41) is 0. The number of rotatable bonds is 9. The minimum Gasteiger partial charge on any atom is -0.382 e. The van der Waals surface area contributed by atoms with Crippen LogP contribution in [-0.2, 0) is 18.5 Å². The van der Waals surface area contributed by atoms with Gasteiger partial charge in [0, 0.05) is 24.4 Å². The lowest BCUT2D eigenvalue weighted by atomic mass is 10.3. The Morgan fingerprint density at radius 1 is 1.27 bits per heavy atom. The van der Waals surface area contributed by atoms with Crippen molar-refractivity contribution in [2.75, 3.05) is 26.1 Å². The maximum absolute atomic E-state index is 10.6. The van der Waals surface area contributed by atoms with Gasteiger partial charge in [-0.2, -0.15) is 0 Å². The van der Waals surface area contributed by atoms with Crippen molar-refractivity contribution in [1.29, 1.82) is 0 Å². The van der Waals surface area contributed by atoms with Gasteiger partial charge in [0.15, 0.2) is 0 Å². The third kappa shape index (κ3) is 12.1. The largest absolute Gasteiger partial charge is 0.382 e. The third-order valence-corrected chi connectivity index (χ3v) is 3.08. The van der Waals surface area contributed by atoms with Gasteiger partial charge in [0.25, 0.3) is 0 Å². The average molecular weight is 259 g/mol. The second-order valence-electron chi connectivity index (χ2n) is 3.44. The third-order valence-electron chi connectivity index (χ3n) is 1.84. The molecule has 0 aromatic heterocycles. The first-order valence-corrected chi connectivity index (χ1v) is 7.46. The maximum Gasteiger partial charge on any atom is 0.232 e. The summed E-state index contributed by atoms with van der Waals surface area (Å²) < 4.78 is 31.5. The molecule has 0 spiro atoms. The SMILES string of the molecule is COCC(C)OCCCCCS(=O)(=O)Cl. The highest BCUT2D eigenvalue weighted by molar-refractivity contribution is 8.13. The van der Waals surface area contributed by atoms with E-state index < -0.39 is 9.05 Å². The van der Waals surface area contributed by atoms with Gasteiger partial charge in [-0.25, -0.2) is 8.42 Å². The number of unbranched alkanes of at least 4 members (excludes halogenated alkanes) is 2. The Morgan fingerprint density at radius 3 is 2.47 bits per heavy atom. The zero-order valence-corrected chi connectivity index (χ0v) is 10.8. The zero-order chi connectivity index (χ0) is 11.7. The molecule has 0 aromatic carbocycles. The van der Waals surface area contributed by atoms with E-state index in [0.717, 1.165) is 12.8 Å². The van der Waals surface area contributed by atoms with Gasteiger partial charge in [-0.05, 0) is 19.8 Å². The monoisotopic (exact) mass is 258 g/mol. The van der Waals surface area contributed by atoms with Gasteiger partial charge < -0.3 is 9.47 Å². The van der Waals surface area contributed by atoms with Gasteiger partial charge in [0.2, 0.25) is 9.05 Å². The topological polar surface area (TPSA) is 52.6 Å². The van der Waals surface area contributed by atoms with Crippen LogP contribution in [0.1, 0.15) is 26.2 Å². The van der Waals surface area contributed by atoms with Crippen LogP contribution in [0.3, 0.4) is 0 Å². The van der Waals surface area contributed by atoms with Crippen molar-refractivity contribution in [2.45, 2.75) is 32.3 Å². The molecule has 0 aliphatic rings. The normalized spacial score (nSPS) is 14.1. The average Bonchev–Trinajstić information content (AvgIpc) is 2.09. The highest BCUT2D eigenvalue weighted by atomic mass is 35.7. The standard InChI is InChI=1S/C9H19ClO4S/c1-9(8-13-2)14-6-4-3-5-7-15(10,11)12/h9H,3-8H2,1-2H3. The lowest BCUT2D eigenvalue weighted by Gasteiger charge is -2.11. The quantitative estimate of drug-likeness (QED) is 0.467. The molecule has 0 saturated heterocycles. The van der Waals surface area contributed by atoms with E-state index in [1.165, 1.54) is 0 Å². The fourth-order valence-corrected chi connectivity index (χ4v) is 2.00. The van der Waals surface area contributed by atoms with Crippen LogP contribution >= 0.6 is 10.7 Å². The Labute approximate surface area is 96.3 Å². The van der Waals surface area contributed by atoms with Crippen LogP contribution in [0.4, 0.5) is 0 Å². The van der Waals surface area contributed by atoms with Gasteiger partial charge in [0.05, 0.1) is 18.5 Å². The summed E-state index contributed by atoms with van der Waals surface area (Å²) in [5.41, 5.74) is 0. The maximum atomic E-state index is 10.6. The van der Waals surface area contributed by atoms with E-state index in [-0.39, 0.29) is 11.9 Å². The number of methoxy groups -OCH3 is 1. The number of ether oxygens (including phenoxy) is 2. The molecule has 0 bridgehead atoms. The second-order valence-corrected chi connectivity index (χ2v) is 6.34. The van der Waals surface area contributed by atoms with E-state index in [4.69, 9.17) is 20.2 Å². The minimum atomic E-state index is -3.32. The predicted molar refractivity (Wildman–Crippen MR) is 60.8 cm³/mol. The van der Waals surface area contributed by atoms with E-state index in [2.05, 4.69) is 0 Å². The molecule has 92 valence electrons. The first-order chi connectivity index (χ1) is 6.95. The van der Waals surface area contributed by atoms with Crippen molar-refractivity contribution in [3.05, 3.63) is 0 Å². The van der Waals surface area contributed by atoms with Crippen LogP contribution in [0.25, 0.3) is 0 Å². The van der Waals surface area contributed by atoms with Crippen molar-refractivity contribution in [1.82, 2.24) is 0 Å². The fourth-order valence-electron chi connectivity index (χ4n) is 1.12. The van der Waals surface area contributed by atoms with Crippen molar-refractivity contribution >= 4 is 19.7 Å². The molecule has 15 heavy (non-hydrogen) atoms. The lowest BCUT2D eigenvalue weighted by Crippen LogP contribution is -2.15. The fraction of sp³-hybridized carbons (Fsp3) is 1.00. The van der Waals surface area contributed by atoms with Crippen molar-refractivity contribution < 1.29 is 17.9 Å². The zero-order valence-electron chi connectivity index (χ0n) is 9.24. The second kappa shape index (κ2) is 8.33. The molecule has 0 saturated carbocycles. The Kier molecular flexibility index (Phi) is 8.42. The van der Waals surface area contributed by atoms with Gasteiger partial charge in [-0.1, -0.05) is 6.42 Å². The van der Waals surface area contributed by atoms with Gasteiger partial charge in [-0.3, -0.25) is 0 Å². The van der Waals surface area contributed by atoms with Crippen LogP contribution in [0.5, 0.6) is 0 Å². The molecular weight excluding hydrogens is 240 g/mol. The van der Waals surface area contributed by atoms with E-state index in [9.17, 15) is 8.42 Å². The highest BCUT2D eigenvalue weighted by Crippen LogP contribution is 2.04. The summed E-state index contributed by atoms with van der Waals surface area (Å²) >= 11 is 0. The molecule has 0 heterocycles. The Balaban J connectivity index is 3.25. The van der Waals surface area contributed by atoms with E-state index >= 15 is 0 Å². The lowest BCUT2D eigenvalue weighted by molar-refractivity contribution is 0.00776. The van der Waals surface area contributed by atoms with E-state index in [1.54, 1.807) is 7.11 Å². The van der Waals surface area contributed by atoms with Crippen molar-refractivity contribution in [3.8, 4) is 0 Å². The molecule has 0 radical (unpaired) electrons. The summed E-state index contributed by atoms with van der Waals surface area (Å²) in [5.74, 6) is 0.0438. The van der Waals surface area contributed by atoms with Crippen molar-refractivity contribution in [3.63, 3.8) is 0 Å². The summed E-state index contributed by atoms with van der Waals surface area (Å²) in [7, 11) is 3.37. The summed E-state index contributed by atoms with van der Waals surface area (Å²) in [4.78, 5) is 0. The molecule has 1 unspecified atom stereocenters. The summed E-state index contributed by atoms with van der Waals surface area (Å²) in [6, 6.07) is 0. The smallest absolute Gasteiger partial charge is 0.232 e. The Bertz CT molecular complexity index is 240. The minimum absolute atomic E-state index is 0.0438. The van der Waals surface area contributed by atoms with Crippen molar-refractivity contribution in [2.24, 2.45) is 0 Å². The molecule has 0 fully saturated rings. The molecule has 0 rings (SSSR count). The molecule has 6 heteroatoms. The number of hydrogen-bond donors (Lipinski definition) is 0. The van der Waals surface area contributed by atoms with Crippen LogP contribution < -0.4 is 0 Å². The molecule has 0 amide bonds. The number of halogens is 1. The molecule has 1 atom stereocenters. The van der Waals surface area contributed by atoms with Crippen LogP contribution in [0, 0.1) is 0 Å². The highest BCUT2D eigenvalue weighted by Gasteiger charge is 2.04. The summed E-state index contributed by atoms with van der Waals surface area (Å²) in [6.45, 7) is 3.15. The van der Waals surface area contributed by atoms with Gasteiger partial charge in [0.1, 0.15) is 0 Å². The summed E-state index contributed by atoms with van der Waals surface area (Å²) in [6.07, 6.45) is 2.34. The van der Waals surface area contributed by atoms with E-state index in [1.807, 2.05) is 6.92 Å². The Morgan fingerprint density at radius 2 is 1.93 bits per heavy atom. The van der Waals surface area contributed by atoms with Crippen LogP contribution in [-0.4, -0.2) is 40.6 Å².